The molecule has 33 heavy (non-hydrogen) atoms. The van der Waals surface area contributed by atoms with Crippen LogP contribution in [0.1, 0.15) is 11.3 Å². The Morgan fingerprint density at radius 2 is 1.88 bits per heavy atom. The Bertz CT molecular complexity index is 1590. The summed E-state index contributed by atoms with van der Waals surface area (Å²) < 4.78 is 43.0. The van der Waals surface area contributed by atoms with Crippen LogP contribution in [0.25, 0.3) is 27.9 Å². The van der Waals surface area contributed by atoms with Crippen LogP contribution in [0.4, 0.5) is 24.8 Å². The monoisotopic (exact) mass is 452 g/mol. The van der Waals surface area contributed by atoms with Crippen molar-refractivity contribution in [3.63, 3.8) is 0 Å². The van der Waals surface area contributed by atoms with Gasteiger partial charge in [0.25, 0.3) is 5.56 Å². The van der Waals surface area contributed by atoms with Crippen LogP contribution in [-0.2, 0) is 13.2 Å². The van der Waals surface area contributed by atoms with Gasteiger partial charge in [-0.25, -0.2) is 15.0 Å². The lowest BCUT2D eigenvalue weighted by molar-refractivity contribution is -0.141. The maximum atomic E-state index is 13.6. The van der Waals surface area contributed by atoms with Crippen LogP contribution in [0.3, 0.4) is 0 Å². The molecule has 0 aliphatic rings. The van der Waals surface area contributed by atoms with Crippen LogP contribution in [0.2, 0.25) is 0 Å². The Labute approximate surface area is 183 Å². The molecule has 0 amide bonds. The zero-order chi connectivity index (χ0) is 23.3. The first-order valence-electron chi connectivity index (χ1n) is 9.71. The lowest BCUT2D eigenvalue weighted by Gasteiger charge is -2.08. The fourth-order valence-electron chi connectivity index (χ4n) is 3.45. The molecule has 0 aliphatic carbocycles. The minimum atomic E-state index is -4.69. The highest BCUT2D eigenvalue weighted by atomic mass is 19.4. The number of anilines is 2. The van der Waals surface area contributed by atoms with E-state index in [1.807, 2.05) is 19.1 Å². The van der Waals surface area contributed by atoms with Gasteiger partial charge in [-0.3, -0.25) is 9.48 Å². The average molecular weight is 452 g/mol. The van der Waals surface area contributed by atoms with E-state index < -0.39 is 17.4 Å². The van der Waals surface area contributed by atoms with Crippen LogP contribution in [-0.4, -0.2) is 34.3 Å². The molecule has 166 valence electrons. The Kier molecular flexibility index (Phi) is 4.58. The van der Waals surface area contributed by atoms with Crippen LogP contribution in [0, 0.1) is 6.92 Å². The van der Waals surface area contributed by atoms with Gasteiger partial charge in [0, 0.05) is 24.8 Å². The van der Waals surface area contributed by atoms with Crippen LogP contribution in [0.15, 0.2) is 53.6 Å². The molecule has 0 fully saturated rings. The van der Waals surface area contributed by atoms with Gasteiger partial charge in [-0.05, 0) is 31.2 Å². The Morgan fingerprint density at radius 3 is 2.67 bits per heavy atom. The highest BCUT2D eigenvalue weighted by Crippen LogP contribution is 2.35. The molecular weight excluding hydrogens is 437 g/mol. The number of hydrogen-bond donors (Lipinski definition) is 1. The number of rotatable bonds is 3. The van der Waals surface area contributed by atoms with Crippen molar-refractivity contribution >= 4 is 28.2 Å². The maximum absolute atomic E-state index is 13.6. The molecule has 0 unspecified atom stereocenters. The second-order valence-corrected chi connectivity index (χ2v) is 7.36. The van der Waals surface area contributed by atoms with Gasteiger partial charge >= 0.3 is 6.18 Å². The molecule has 1 aromatic carbocycles. The van der Waals surface area contributed by atoms with Crippen molar-refractivity contribution in [2.24, 2.45) is 7.05 Å². The molecule has 5 aromatic rings. The van der Waals surface area contributed by atoms with Gasteiger partial charge in [0.05, 0.1) is 11.1 Å². The van der Waals surface area contributed by atoms with Crippen LogP contribution in [0.5, 0.6) is 0 Å². The second-order valence-electron chi connectivity index (χ2n) is 7.36. The lowest BCUT2D eigenvalue weighted by atomic mass is 10.1. The SMILES string of the molecule is Cc1ccc2nc(Nc3ccccnc3=O)n3nc(-c4cn(C)nc4C(F)(F)F)nc3c2c1. The molecule has 0 saturated heterocycles. The third-order valence-corrected chi connectivity index (χ3v) is 4.89. The lowest BCUT2D eigenvalue weighted by Crippen LogP contribution is -2.11. The molecule has 0 spiro atoms. The first-order valence-corrected chi connectivity index (χ1v) is 9.71. The predicted molar refractivity (Wildman–Crippen MR) is 114 cm³/mol. The smallest absolute Gasteiger partial charge is 0.319 e. The molecule has 1 N–H and O–H groups in total. The number of halogens is 3. The summed E-state index contributed by atoms with van der Waals surface area (Å²) in [5, 5.41) is 11.3. The predicted octanol–water partition coefficient (Wildman–Crippen LogP) is 3.50. The highest BCUT2D eigenvalue weighted by molar-refractivity contribution is 5.93. The number of benzene rings is 1. The van der Waals surface area contributed by atoms with Gasteiger partial charge in [-0.15, -0.1) is 5.10 Å². The fraction of sp³-hybridized carbons (Fsp3) is 0.143. The molecule has 0 radical (unpaired) electrons. The molecule has 0 bridgehead atoms. The summed E-state index contributed by atoms with van der Waals surface area (Å²) in [5.74, 6) is -0.0731. The molecule has 9 nitrogen and oxygen atoms in total. The van der Waals surface area contributed by atoms with E-state index in [1.54, 1.807) is 18.2 Å². The number of fused-ring (bicyclic) bond motifs is 3. The van der Waals surface area contributed by atoms with Gasteiger partial charge in [0.15, 0.2) is 17.2 Å². The van der Waals surface area contributed by atoms with Gasteiger partial charge in [-0.2, -0.15) is 22.8 Å². The standard InChI is InChI=1S/C21H15F3N8O/c1-11-6-7-14-12(9-11)18-28-17(13-10-31(2)29-16(13)21(22,23)24)30-32(18)20(26-14)27-15-5-3-4-8-25-19(15)33/h3-10H,1-2H3,(H,25,26,27,33). The van der Waals surface area contributed by atoms with Crippen molar-refractivity contribution in [2.75, 3.05) is 5.32 Å². The van der Waals surface area contributed by atoms with E-state index in [-0.39, 0.29) is 28.7 Å². The number of nitrogens with zero attached hydrogens (tertiary/aromatic N) is 7. The van der Waals surface area contributed by atoms with Gasteiger partial charge in [0.2, 0.25) is 5.95 Å². The first kappa shape index (κ1) is 20.5. The molecule has 4 aromatic heterocycles. The Balaban J connectivity index is 1.79. The largest absolute Gasteiger partial charge is 0.435 e. The van der Waals surface area contributed by atoms with Crippen molar-refractivity contribution in [3.05, 3.63) is 70.4 Å². The summed E-state index contributed by atoms with van der Waals surface area (Å²) >= 11 is 0. The van der Waals surface area contributed by atoms with E-state index in [2.05, 4.69) is 30.5 Å². The molecule has 0 saturated carbocycles. The fourth-order valence-corrected chi connectivity index (χ4v) is 3.45. The summed E-state index contributed by atoms with van der Waals surface area (Å²) in [6, 6.07) is 10.2. The summed E-state index contributed by atoms with van der Waals surface area (Å²) in [6.07, 6.45) is -2.12. The van der Waals surface area contributed by atoms with Crippen molar-refractivity contribution in [1.82, 2.24) is 34.3 Å². The third-order valence-electron chi connectivity index (χ3n) is 4.89. The van der Waals surface area contributed by atoms with E-state index in [1.165, 1.54) is 30.0 Å². The van der Waals surface area contributed by atoms with Crippen LogP contribution >= 0.6 is 0 Å². The summed E-state index contributed by atoms with van der Waals surface area (Å²) in [6.45, 7) is 1.88. The van der Waals surface area contributed by atoms with E-state index >= 15 is 0 Å². The van der Waals surface area contributed by atoms with E-state index in [0.717, 1.165) is 10.2 Å². The van der Waals surface area contributed by atoms with Crippen molar-refractivity contribution in [1.29, 1.82) is 0 Å². The zero-order valence-electron chi connectivity index (χ0n) is 17.3. The topological polar surface area (TPSA) is 103 Å². The molecule has 0 aliphatic heterocycles. The number of aromatic nitrogens is 7. The minimum absolute atomic E-state index is 0.0997. The van der Waals surface area contributed by atoms with E-state index in [0.29, 0.717) is 10.9 Å². The molecule has 0 atom stereocenters. The van der Waals surface area contributed by atoms with Gasteiger partial charge < -0.3 is 5.32 Å². The van der Waals surface area contributed by atoms with Crippen LogP contribution < -0.4 is 10.9 Å². The van der Waals surface area contributed by atoms with Gasteiger partial charge in [0.1, 0.15) is 5.69 Å². The maximum Gasteiger partial charge on any atom is 0.435 e. The summed E-state index contributed by atoms with van der Waals surface area (Å²) in [7, 11) is 1.39. The molecule has 5 rings (SSSR count). The molecule has 12 heteroatoms. The normalized spacial score (nSPS) is 11.9. The minimum Gasteiger partial charge on any atom is -0.319 e. The molecular formula is C21H15F3N8O. The first-order chi connectivity index (χ1) is 15.7. The highest BCUT2D eigenvalue weighted by Gasteiger charge is 2.38. The quantitative estimate of drug-likeness (QED) is 0.447. The van der Waals surface area contributed by atoms with Crippen molar-refractivity contribution < 1.29 is 13.2 Å². The number of nitrogens with one attached hydrogen (secondary N) is 1. The molecule has 4 heterocycles. The van der Waals surface area contributed by atoms with Gasteiger partial charge in [-0.1, -0.05) is 17.7 Å². The number of hydrogen-bond acceptors (Lipinski definition) is 7. The van der Waals surface area contributed by atoms with Crippen molar-refractivity contribution in [2.45, 2.75) is 13.1 Å². The summed E-state index contributed by atoms with van der Waals surface area (Å²) in [5.41, 5.74) is -0.0605. The number of alkyl halides is 3. The zero-order valence-corrected chi connectivity index (χ0v) is 17.3. The van der Waals surface area contributed by atoms with Crippen molar-refractivity contribution in [3.8, 4) is 11.4 Å². The Morgan fingerprint density at radius 1 is 1.06 bits per heavy atom. The summed E-state index contributed by atoms with van der Waals surface area (Å²) in [4.78, 5) is 25.0. The average Bonchev–Trinajstić information content (AvgIpc) is 3.31. The van der Waals surface area contributed by atoms with E-state index in [4.69, 9.17) is 0 Å². The Hall–Kier alpha value is -4.35. The third kappa shape index (κ3) is 3.64. The second kappa shape index (κ2) is 7.36. The number of aryl methyl sites for hydroxylation is 2. The van der Waals surface area contributed by atoms with E-state index in [9.17, 15) is 18.0 Å².